The number of amides is 1. The lowest BCUT2D eigenvalue weighted by Gasteiger charge is -2.36. The minimum absolute atomic E-state index is 0.0505. The van der Waals surface area contributed by atoms with E-state index in [4.69, 9.17) is 11.6 Å². The largest absolute Gasteiger partial charge is 0.351 e. The SMILES string of the molecule is CN(C)C1CCCCC1NC(=O)CCl. The average molecular weight is 219 g/mol. The highest BCUT2D eigenvalue weighted by molar-refractivity contribution is 6.27. The third-order valence-corrected chi connectivity index (χ3v) is 3.10. The van der Waals surface area contributed by atoms with Gasteiger partial charge in [-0.05, 0) is 26.9 Å². The predicted molar refractivity (Wildman–Crippen MR) is 58.6 cm³/mol. The monoisotopic (exact) mass is 218 g/mol. The van der Waals surface area contributed by atoms with E-state index >= 15 is 0 Å². The molecule has 2 unspecified atom stereocenters. The van der Waals surface area contributed by atoms with Gasteiger partial charge in [-0.25, -0.2) is 0 Å². The van der Waals surface area contributed by atoms with Gasteiger partial charge in [-0.1, -0.05) is 12.8 Å². The third kappa shape index (κ3) is 3.14. The maximum atomic E-state index is 11.2. The Morgan fingerprint density at radius 3 is 2.64 bits per heavy atom. The Balaban J connectivity index is 2.49. The van der Waals surface area contributed by atoms with Gasteiger partial charge in [0.2, 0.25) is 5.91 Å². The quantitative estimate of drug-likeness (QED) is 0.723. The van der Waals surface area contributed by atoms with Crippen LogP contribution in [-0.4, -0.2) is 42.9 Å². The summed E-state index contributed by atoms with van der Waals surface area (Å²) in [5.41, 5.74) is 0. The summed E-state index contributed by atoms with van der Waals surface area (Å²) in [6.07, 6.45) is 4.71. The molecule has 0 spiro atoms. The number of carbonyl (C=O) groups is 1. The van der Waals surface area contributed by atoms with Crippen molar-refractivity contribution in [3.8, 4) is 0 Å². The minimum atomic E-state index is -0.0505. The summed E-state index contributed by atoms with van der Waals surface area (Å²) in [7, 11) is 4.13. The maximum Gasteiger partial charge on any atom is 0.235 e. The number of nitrogens with one attached hydrogen (secondary N) is 1. The third-order valence-electron chi connectivity index (χ3n) is 2.86. The number of nitrogens with zero attached hydrogens (tertiary/aromatic N) is 1. The van der Waals surface area contributed by atoms with E-state index in [1.807, 2.05) is 0 Å². The highest BCUT2D eigenvalue weighted by Crippen LogP contribution is 2.21. The van der Waals surface area contributed by atoms with Gasteiger partial charge in [-0.3, -0.25) is 4.79 Å². The molecule has 1 saturated carbocycles. The fourth-order valence-corrected chi connectivity index (χ4v) is 2.22. The summed E-state index contributed by atoms with van der Waals surface area (Å²) in [5, 5.41) is 2.99. The fraction of sp³-hybridized carbons (Fsp3) is 0.900. The molecule has 14 heavy (non-hydrogen) atoms. The van der Waals surface area contributed by atoms with Crippen LogP contribution < -0.4 is 5.32 Å². The van der Waals surface area contributed by atoms with Crippen molar-refractivity contribution in [2.75, 3.05) is 20.0 Å². The zero-order chi connectivity index (χ0) is 10.6. The molecule has 0 radical (unpaired) electrons. The average Bonchev–Trinajstić information content (AvgIpc) is 2.18. The molecule has 1 N–H and O–H groups in total. The molecule has 0 bridgehead atoms. The van der Waals surface area contributed by atoms with Crippen molar-refractivity contribution in [3.05, 3.63) is 0 Å². The Morgan fingerprint density at radius 2 is 2.07 bits per heavy atom. The first-order valence-electron chi connectivity index (χ1n) is 5.17. The van der Waals surface area contributed by atoms with E-state index in [2.05, 4.69) is 24.3 Å². The fourth-order valence-electron chi connectivity index (χ4n) is 2.14. The van der Waals surface area contributed by atoms with Crippen LogP contribution in [0.15, 0.2) is 0 Å². The number of rotatable bonds is 3. The zero-order valence-corrected chi connectivity index (χ0v) is 9.68. The molecular formula is C10H19ClN2O. The summed E-state index contributed by atoms with van der Waals surface area (Å²) < 4.78 is 0. The van der Waals surface area contributed by atoms with Crippen LogP contribution in [0.1, 0.15) is 25.7 Å². The van der Waals surface area contributed by atoms with E-state index in [1.54, 1.807) is 0 Å². The molecule has 0 aromatic heterocycles. The lowest BCUT2D eigenvalue weighted by molar-refractivity contribution is -0.120. The summed E-state index contributed by atoms with van der Waals surface area (Å²) in [4.78, 5) is 13.4. The van der Waals surface area contributed by atoms with E-state index in [-0.39, 0.29) is 17.8 Å². The minimum Gasteiger partial charge on any atom is -0.351 e. The first-order valence-corrected chi connectivity index (χ1v) is 5.70. The van der Waals surface area contributed by atoms with E-state index in [9.17, 15) is 4.79 Å². The van der Waals surface area contributed by atoms with E-state index in [0.717, 1.165) is 6.42 Å². The molecule has 1 aliphatic carbocycles. The highest BCUT2D eigenvalue weighted by Gasteiger charge is 2.27. The molecule has 4 heteroatoms. The molecule has 0 saturated heterocycles. The molecule has 3 nitrogen and oxygen atoms in total. The van der Waals surface area contributed by atoms with Crippen LogP contribution in [0.4, 0.5) is 0 Å². The maximum absolute atomic E-state index is 11.2. The molecule has 0 heterocycles. The zero-order valence-electron chi connectivity index (χ0n) is 8.92. The second kappa shape index (κ2) is 5.56. The summed E-state index contributed by atoms with van der Waals surface area (Å²) in [6, 6.07) is 0.751. The van der Waals surface area contributed by atoms with Crippen LogP contribution in [0.25, 0.3) is 0 Å². The van der Waals surface area contributed by atoms with Gasteiger partial charge in [0.15, 0.2) is 0 Å². The molecule has 0 aliphatic heterocycles. The smallest absolute Gasteiger partial charge is 0.235 e. The van der Waals surface area contributed by atoms with Crippen LogP contribution in [0, 0.1) is 0 Å². The van der Waals surface area contributed by atoms with E-state index < -0.39 is 0 Å². The second-order valence-corrected chi connectivity index (χ2v) is 4.39. The van der Waals surface area contributed by atoms with E-state index in [0.29, 0.717) is 6.04 Å². The number of alkyl halides is 1. The molecule has 1 amide bonds. The normalized spacial score (nSPS) is 27.7. The van der Waals surface area contributed by atoms with Crippen molar-refractivity contribution in [1.82, 2.24) is 10.2 Å². The highest BCUT2D eigenvalue weighted by atomic mass is 35.5. The number of hydrogen-bond acceptors (Lipinski definition) is 2. The Morgan fingerprint density at radius 1 is 1.43 bits per heavy atom. The lowest BCUT2D eigenvalue weighted by Crippen LogP contribution is -2.51. The Hall–Kier alpha value is -0.280. The van der Waals surface area contributed by atoms with Crippen LogP contribution in [0.2, 0.25) is 0 Å². The molecule has 82 valence electrons. The molecule has 0 aromatic rings. The van der Waals surface area contributed by atoms with Crippen molar-refractivity contribution in [2.24, 2.45) is 0 Å². The lowest BCUT2D eigenvalue weighted by atomic mass is 9.89. The van der Waals surface area contributed by atoms with Gasteiger partial charge in [0.25, 0.3) is 0 Å². The van der Waals surface area contributed by atoms with Crippen molar-refractivity contribution in [2.45, 2.75) is 37.8 Å². The Labute approximate surface area is 90.8 Å². The molecule has 0 aromatic carbocycles. The Kier molecular flexibility index (Phi) is 4.69. The second-order valence-electron chi connectivity index (χ2n) is 4.12. The van der Waals surface area contributed by atoms with Gasteiger partial charge < -0.3 is 10.2 Å². The van der Waals surface area contributed by atoms with Gasteiger partial charge in [-0.2, -0.15) is 0 Å². The molecule has 1 aliphatic rings. The number of carbonyl (C=O) groups excluding carboxylic acids is 1. The molecule has 2 atom stereocenters. The molecular weight excluding hydrogens is 200 g/mol. The van der Waals surface area contributed by atoms with Crippen molar-refractivity contribution in [1.29, 1.82) is 0 Å². The van der Waals surface area contributed by atoms with Crippen molar-refractivity contribution in [3.63, 3.8) is 0 Å². The number of likely N-dealkylation sites (N-methyl/N-ethyl adjacent to an activating group) is 1. The first-order chi connectivity index (χ1) is 6.65. The molecule has 1 fully saturated rings. The van der Waals surface area contributed by atoms with Crippen LogP contribution in [0.5, 0.6) is 0 Å². The van der Waals surface area contributed by atoms with Gasteiger partial charge in [-0.15, -0.1) is 11.6 Å². The summed E-state index contributed by atoms with van der Waals surface area (Å²) in [5.74, 6) is 0.0156. The van der Waals surface area contributed by atoms with Crippen molar-refractivity contribution >= 4 is 17.5 Å². The molecule has 1 rings (SSSR count). The first kappa shape index (κ1) is 11.8. The van der Waals surface area contributed by atoms with Gasteiger partial charge >= 0.3 is 0 Å². The Bertz CT molecular complexity index is 197. The van der Waals surface area contributed by atoms with Gasteiger partial charge in [0, 0.05) is 12.1 Å². The van der Waals surface area contributed by atoms with E-state index in [1.165, 1.54) is 19.3 Å². The summed E-state index contributed by atoms with van der Waals surface area (Å²) >= 11 is 5.47. The predicted octanol–water partition coefficient (Wildman–Crippen LogP) is 1.21. The number of hydrogen-bond donors (Lipinski definition) is 1. The van der Waals surface area contributed by atoms with Gasteiger partial charge in [0.1, 0.15) is 5.88 Å². The standard InChI is InChI=1S/C10H19ClN2O/c1-13(2)9-6-4-3-5-8(9)12-10(14)7-11/h8-9H,3-7H2,1-2H3,(H,12,14). The van der Waals surface area contributed by atoms with Crippen LogP contribution in [-0.2, 0) is 4.79 Å². The summed E-state index contributed by atoms with van der Waals surface area (Å²) in [6.45, 7) is 0. The van der Waals surface area contributed by atoms with Gasteiger partial charge in [0.05, 0.1) is 0 Å². The topological polar surface area (TPSA) is 32.3 Å². The van der Waals surface area contributed by atoms with Crippen LogP contribution >= 0.6 is 11.6 Å². The number of halogens is 1. The van der Waals surface area contributed by atoms with Crippen LogP contribution in [0.3, 0.4) is 0 Å². The van der Waals surface area contributed by atoms with Crippen molar-refractivity contribution < 1.29 is 4.79 Å².